The predicted octanol–water partition coefficient (Wildman–Crippen LogP) is 2.86. The molecule has 32 heavy (non-hydrogen) atoms. The Morgan fingerprint density at radius 2 is 1.59 bits per heavy atom. The van der Waals surface area contributed by atoms with Crippen molar-refractivity contribution in [1.82, 2.24) is 4.31 Å². The Balaban J connectivity index is 1.53. The van der Waals surface area contributed by atoms with Crippen LogP contribution in [0.25, 0.3) is 0 Å². The number of hydrogen-bond acceptors (Lipinski definition) is 6. The molecule has 170 valence electrons. The van der Waals surface area contributed by atoms with Gasteiger partial charge in [0.15, 0.2) is 11.9 Å². The van der Waals surface area contributed by atoms with E-state index in [1.165, 1.54) is 42.4 Å². The number of para-hydroxylation sites is 1. The first-order chi connectivity index (χ1) is 15.2. The van der Waals surface area contributed by atoms with Gasteiger partial charge >= 0.3 is 5.97 Å². The van der Waals surface area contributed by atoms with Crippen LogP contribution in [0, 0.1) is 5.92 Å². The van der Waals surface area contributed by atoms with Crippen molar-refractivity contribution < 1.29 is 27.5 Å². The maximum Gasteiger partial charge on any atom is 0.309 e. The molecule has 9 heteroatoms. The molecule has 0 aromatic heterocycles. The first-order valence-electron chi connectivity index (χ1n) is 10.4. The second-order valence-corrected chi connectivity index (χ2v) is 9.63. The van der Waals surface area contributed by atoms with Crippen LogP contribution in [0.1, 0.15) is 37.0 Å². The van der Waals surface area contributed by atoms with Gasteiger partial charge in [-0.3, -0.25) is 14.4 Å². The first-order valence-corrected chi connectivity index (χ1v) is 11.8. The van der Waals surface area contributed by atoms with Crippen LogP contribution in [0.2, 0.25) is 0 Å². The second-order valence-electron chi connectivity index (χ2n) is 7.69. The van der Waals surface area contributed by atoms with Gasteiger partial charge in [-0.05, 0) is 51.0 Å². The fourth-order valence-corrected chi connectivity index (χ4v) is 4.90. The Morgan fingerprint density at radius 3 is 2.16 bits per heavy atom. The molecule has 0 bridgehead atoms. The van der Waals surface area contributed by atoms with Crippen molar-refractivity contribution in [3.8, 4) is 0 Å². The maximum atomic E-state index is 12.9. The number of Topliss-reactive ketones (excluding diaryl/α,β-unsaturated/α-hetero) is 1. The van der Waals surface area contributed by atoms with E-state index in [-0.39, 0.29) is 23.8 Å². The lowest BCUT2D eigenvalue weighted by Gasteiger charge is -2.30. The largest absolute Gasteiger partial charge is 0.452 e. The minimum atomic E-state index is -3.72. The van der Waals surface area contributed by atoms with Gasteiger partial charge in [0.2, 0.25) is 10.0 Å². The molecule has 1 heterocycles. The van der Waals surface area contributed by atoms with Crippen LogP contribution in [-0.2, 0) is 24.3 Å². The number of amides is 1. The quantitative estimate of drug-likeness (QED) is 0.505. The summed E-state index contributed by atoms with van der Waals surface area (Å²) in [6.45, 7) is 3.25. The molecule has 1 atom stereocenters. The summed E-state index contributed by atoms with van der Waals surface area (Å²) in [5.41, 5.74) is 1.05. The molecular weight excluding hydrogens is 432 g/mol. The number of hydrogen-bond donors (Lipinski definition) is 1. The van der Waals surface area contributed by atoms with Crippen molar-refractivity contribution in [3.05, 3.63) is 60.2 Å². The van der Waals surface area contributed by atoms with Crippen molar-refractivity contribution in [2.45, 2.75) is 37.7 Å². The van der Waals surface area contributed by atoms with E-state index in [4.69, 9.17) is 4.74 Å². The van der Waals surface area contributed by atoms with Gasteiger partial charge in [-0.25, -0.2) is 8.42 Å². The third-order valence-corrected chi connectivity index (χ3v) is 7.30. The molecule has 1 fully saturated rings. The van der Waals surface area contributed by atoms with Crippen molar-refractivity contribution >= 4 is 33.4 Å². The zero-order valence-electron chi connectivity index (χ0n) is 18.0. The van der Waals surface area contributed by atoms with Crippen molar-refractivity contribution in [2.24, 2.45) is 5.92 Å². The Bertz CT molecular complexity index is 1080. The molecule has 3 rings (SSSR count). The number of sulfonamides is 1. The van der Waals surface area contributed by atoms with E-state index in [0.717, 1.165) is 0 Å². The number of benzene rings is 2. The van der Waals surface area contributed by atoms with E-state index in [9.17, 15) is 22.8 Å². The van der Waals surface area contributed by atoms with Crippen LogP contribution < -0.4 is 5.32 Å². The number of piperidine rings is 1. The Hall–Kier alpha value is -3.04. The van der Waals surface area contributed by atoms with Crippen LogP contribution in [0.5, 0.6) is 0 Å². The van der Waals surface area contributed by atoms with Crippen LogP contribution in [0.15, 0.2) is 59.5 Å². The highest BCUT2D eigenvalue weighted by Crippen LogP contribution is 2.25. The van der Waals surface area contributed by atoms with Gasteiger partial charge in [-0.15, -0.1) is 0 Å². The molecule has 1 saturated heterocycles. The Labute approximate surface area is 187 Å². The van der Waals surface area contributed by atoms with Gasteiger partial charge in [0.1, 0.15) is 0 Å². The molecule has 1 aliphatic heterocycles. The smallest absolute Gasteiger partial charge is 0.309 e. The predicted molar refractivity (Wildman–Crippen MR) is 119 cm³/mol. The first kappa shape index (κ1) is 23.6. The van der Waals surface area contributed by atoms with Gasteiger partial charge < -0.3 is 10.1 Å². The zero-order chi connectivity index (χ0) is 23.3. The van der Waals surface area contributed by atoms with E-state index in [1.54, 1.807) is 24.3 Å². The van der Waals surface area contributed by atoms with Gasteiger partial charge in [-0.2, -0.15) is 4.31 Å². The van der Waals surface area contributed by atoms with E-state index in [2.05, 4.69) is 5.32 Å². The number of carbonyl (C=O) groups excluding carboxylic acids is 3. The highest BCUT2D eigenvalue weighted by molar-refractivity contribution is 7.89. The molecule has 0 aliphatic carbocycles. The maximum absolute atomic E-state index is 12.9. The SMILES string of the molecule is CC(=O)c1ccc(S(=O)(=O)N2CCC(C(=O)O[C@H](C)C(=O)Nc3ccccc3)CC2)cc1. The number of ketones is 1. The lowest BCUT2D eigenvalue weighted by atomic mass is 9.98. The molecule has 8 nitrogen and oxygen atoms in total. The third kappa shape index (κ3) is 5.60. The number of rotatable bonds is 7. The average molecular weight is 459 g/mol. The van der Waals surface area contributed by atoms with E-state index in [0.29, 0.717) is 24.1 Å². The average Bonchev–Trinajstić information content (AvgIpc) is 2.79. The van der Waals surface area contributed by atoms with Crippen LogP contribution >= 0.6 is 0 Å². The van der Waals surface area contributed by atoms with Crippen LogP contribution in [0.3, 0.4) is 0 Å². The zero-order valence-corrected chi connectivity index (χ0v) is 18.8. The summed E-state index contributed by atoms with van der Waals surface area (Å²) in [4.78, 5) is 36.2. The summed E-state index contributed by atoms with van der Waals surface area (Å²) < 4.78 is 32.4. The fourth-order valence-electron chi connectivity index (χ4n) is 3.43. The van der Waals surface area contributed by atoms with Crippen LogP contribution in [-0.4, -0.2) is 49.6 Å². The standard InChI is InChI=1S/C23H26N2O6S/c1-16(26)18-8-10-21(11-9-18)32(29,30)25-14-12-19(13-15-25)23(28)31-17(2)22(27)24-20-6-4-3-5-7-20/h3-11,17,19H,12-15H2,1-2H3,(H,24,27)/t17-/m1/s1. The Morgan fingerprint density at radius 1 is 1.00 bits per heavy atom. The van der Waals surface area contributed by atoms with Crippen molar-refractivity contribution in [2.75, 3.05) is 18.4 Å². The topological polar surface area (TPSA) is 110 Å². The molecule has 2 aromatic rings. The minimum Gasteiger partial charge on any atom is -0.452 e. The number of esters is 1. The summed E-state index contributed by atoms with van der Waals surface area (Å²) in [6, 6.07) is 14.7. The molecule has 0 spiro atoms. The lowest BCUT2D eigenvalue weighted by molar-refractivity contribution is -0.158. The summed E-state index contributed by atoms with van der Waals surface area (Å²) in [5.74, 6) is -1.56. The number of ether oxygens (including phenoxy) is 1. The summed E-state index contributed by atoms with van der Waals surface area (Å²) in [5, 5.41) is 2.68. The summed E-state index contributed by atoms with van der Waals surface area (Å²) in [7, 11) is -3.72. The summed E-state index contributed by atoms with van der Waals surface area (Å²) >= 11 is 0. The second kappa shape index (κ2) is 10.1. The van der Waals surface area contributed by atoms with Crippen LogP contribution in [0.4, 0.5) is 5.69 Å². The highest BCUT2D eigenvalue weighted by Gasteiger charge is 2.34. The molecule has 1 aliphatic rings. The minimum absolute atomic E-state index is 0.106. The number of nitrogens with one attached hydrogen (secondary N) is 1. The number of anilines is 1. The molecule has 0 saturated carbocycles. The molecular formula is C23H26N2O6S. The molecule has 0 radical (unpaired) electrons. The van der Waals surface area contributed by atoms with E-state index < -0.39 is 33.9 Å². The Kier molecular flexibility index (Phi) is 7.42. The molecule has 1 N–H and O–H groups in total. The fraction of sp³-hybridized carbons (Fsp3) is 0.348. The normalized spacial score (nSPS) is 16.2. The third-order valence-electron chi connectivity index (χ3n) is 5.39. The highest BCUT2D eigenvalue weighted by atomic mass is 32.2. The molecule has 0 unspecified atom stereocenters. The molecule has 1 amide bonds. The van der Waals surface area contributed by atoms with E-state index in [1.807, 2.05) is 6.07 Å². The lowest BCUT2D eigenvalue weighted by Crippen LogP contribution is -2.41. The number of carbonyl (C=O) groups is 3. The number of nitrogens with zero attached hydrogens (tertiary/aromatic N) is 1. The monoisotopic (exact) mass is 458 g/mol. The van der Waals surface area contributed by atoms with Crippen molar-refractivity contribution in [1.29, 1.82) is 0 Å². The summed E-state index contributed by atoms with van der Waals surface area (Å²) in [6.07, 6.45) is -0.364. The van der Waals surface area contributed by atoms with Crippen molar-refractivity contribution in [3.63, 3.8) is 0 Å². The van der Waals surface area contributed by atoms with Gasteiger partial charge in [0.25, 0.3) is 5.91 Å². The van der Waals surface area contributed by atoms with Gasteiger partial charge in [0, 0.05) is 24.3 Å². The van der Waals surface area contributed by atoms with E-state index >= 15 is 0 Å². The van der Waals surface area contributed by atoms with Gasteiger partial charge in [-0.1, -0.05) is 30.3 Å². The van der Waals surface area contributed by atoms with Gasteiger partial charge in [0.05, 0.1) is 10.8 Å². The molecule has 2 aromatic carbocycles.